The number of aliphatic hydroxyl groups is 2. The second kappa shape index (κ2) is 7.55. The van der Waals surface area contributed by atoms with Crippen molar-refractivity contribution >= 4 is 17.1 Å². The molecular weight excluding hydrogens is 250 g/mol. The summed E-state index contributed by atoms with van der Waals surface area (Å²) < 4.78 is 0. The number of nitro groups is 1. The first kappa shape index (κ1) is 15.2. The fourth-order valence-electron chi connectivity index (χ4n) is 1.64. The lowest BCUT2D eigenvalue weighted by molar-refractivity contribution is -0.383. The topological polar surface area (TPSA) is 98.9 Å². The summed E-state index contributed by atoms with van der Waals surface area (Å²) in [5.74, 6) is 0. The fraction of sp³-hybridized carbons (Fsp3) is 0.500. The number of rotatable bonds is 8. The van der Waals surface area contributed by atoms with E-state index in [4.69, 9.17) is 10.2 Å². The number of nitrogens with zero attached hydrogens (tertiary/aromatic N) is 2. The van der Waals surface area contributed by atoms with E-state index in [1.165, 1.54) is 6.07 Å². The summed E-state index contributed by atoms with van der Waals surface area (Å²) in [5, 5.41) is 31.5. The van der Waals surface area contributed by atoms with Gasteiger partial charge in [-0.05, 0) is 18.6 Å². The van der Waals surface area contributed by atoms with Crippen LogP contribution >= 0.6 is 0 Å². The Morgan fingerprint density at radius 2 is 2.11 bits per heavy atom. The van der Waals surface area contributed by atoms with Gasteiger partial charge in [-0.3, -0.25) is 10.1 Å². The summed E-state index contributed by atoms with van der Waals surface area (Å²) in [6.07, 6.45) is 0.531. The number of nitrogens with one attached hydrogen (secondary N) is 1. The highest BCUT2D eigenvalue weighted by Gasteiger charge is 2.15. The van der Waals surface area contributed by atoms with Gasteiger partial charge in [-0.15, -0.1) is 0 Å². The lowest BCUT2D eigenvalue weighted by atomic mass is 10.2. The summed E-state index contributed by atoms with van der Waals surface area (Å²) in [6.45, 7) is 0.913. The minimum atomic E-state index is -0.447. The molecule has 1 aromatic rings. The van der Waals surface area contributed by atoms with Gasteiger partial charge in [-0.25, -0.2) is 0 Å². The highest BCUT2D eigenvalue weighted by molar-refractivity contribution is 5.68. The molecule has 0 spiro atoms. The van der Waals surface area contributed by atoms with E-state index >= 15 is 0 Å². The number of nitro benzene ring substituents is 1. The van der Waals surface area contributed by atoms with Gasteiger partial charge in [-0.1, -0.05) is 0 Å². The molecule has 0 aliphatic carbocycles. The molecule has 0 atom stereocenters. The zero-order valence-corrected chi connectivity index (χ0v) is 10.9. The Morgan fingerprint density at radius 3 is 2.68 bits per heavy atom. The molecule has 1 rings (SSSR count). The molecule has 3 N–H and O–H groups in total. The number of anilines is 2. The van der Waals surface area contributed by atoms with Crippen molar-refractivity contribution in [3.8, 4) is 0 Å². The summed E-state index contributed by atoms with van der Waals surface area (Å²) >= 11 is 0. The second-order valence-corrected chi connectivity index (χ2v) is 4.11. The maximum absolute atomic E-state index is 11.0. The van der Waals surface area contributed by atoms with E-state index in [0.717, 1.165) is 0 Å². The average molecular weight is 269 g/mol. The Hall–Kier alpha value is -1.86. The van der Waals surface area contributed by atoms with Crippen LogP contribution in [0.15, 0.2) is 18.2 Å². The Kier molecular flexibility index (Phi) is 6.04. The van der Waals surface area contributed by atoms with Crippen LogP contribution in [0.2, 0.25) is 0 Å². The quantitative estimate of drug-likeness (QED) is 0.367. The molecule has 7 nitrogen and oxygen atoms in total. The largest absolute Gasteiger partial charge is 0.396 e. The molecule has 0 aliphatic rings. The van der Waals surface area contributed by atoms with E-state index in [-0.39, 0.29) is 18.9 Å². The Labute approximate surface area is 111 Å². The van der Waals surface area contributed by atoms with Crippen molar-refractivity contribution in [2.45, 2.75) is 6.42 Å². The third-order valence-electron chi connectivity index (χ3n) is 2.70. The molecule has 19 heavy (non-hydrogen) atoms. The molecule has 1 aromatic carbocycles. The maximum Gasteiger partial charge on any atom is 0.294 e. The Bertz CT molecular complexity index is 425. The lowest BCUT2D eigenvalue weighted by Gasteiger charge is -2.18. The molecule has 0 fully saturated rings. The second-order valence-electron chi connectivity index (χ2n) is 4.11. The van der Waals surface area contributed by atoms with Crippen LogP contribution in [0.5, 0.6) is 0 Å². The van der Waals surface area contributed by atoms with Gasteiger partial charge < -0.3 is 20.4 Å². The molecule has 0 bridgehead atoms. The van der Waals surface area contributed by atoms with Crippen molar-refractivity contribution in [2.75, 3.05) is 43.6 Å². The van der Waals surface area contributed by atoms with E-state index in [0.29, 0.717) is 30.9 Å². The minimum Gasteiger partial charge on any atom is -0.396 e. The molecule has 0 saturated heterocycles. The zero-order chi connectivity index (χ0) is 14.3. The van der Waals surface area contributed by atoms with Gasteiger partial charge in [0.25, 0.3) is 5.69 Å². The Balaban J connectivity index is 2.91. The summed E-state index contributed by atoms with van der Waals surface area (Å²) in [7, 11) is 1.76. The van der Waals surface area contributed by atoms with Gasteiger partial charge >= 0.3 is 0 Å². The van der Waals surface area contributed by atoms with Crippen molar-refractivity contribution in [1.29, 1.82) is 0 Å². The molecular formula is C12H19N3O4. The van der Waals surface area contributed by atoms with Gasteiger partial charge in [0.05, 0.1) is 11.5 Å². The first-order valence-electron chi connectivity index (χ1n) is 6.05. The number of hydrogen-bond donors (Lipinski definition) is 3. The van der Waals surface area contributed by atoms with E-state index in [1.807, 2.05) is 0 Å². The van der Waals surface area contributed by atoms with E-state index < -0.39 is 4.92 Å². The summed E-state index contributed by atoms with van der Waals surface area (Å²) in [6, 6.07) is 4.86. The Morgan fingerprint density at radius 1 is 1.37 bits per heavy atom. The van der Waals surface area contributed by atoms with Crippen molar-refractivity contribution in [1.82, 2.24) is 0 Å². The SMILES string of the molecule is CN(CCO)c1ccc(NCCCO)c([N+](=O)[O-])c1. The van der Waals surface area contributed by atoms with E-state index in [9.17, 15) is 10.1 Å². The molecule has 0 saturated carbocycles. The monoisotopic (exact) mass is 269 g/mol. The van der Waals surface area contributed by atoms with Crippen molar-refractivity contribution < 1.29 is 15.1 Å². The molecule has 0 radical (unpaired) electrons. The maximum atomic E-state index is 11.0. The predicted molar refractivity (Wildman–Crippen MR) is 73.6 cm³/mol. The zero-order valence-electron chi connectivity index (χ0n) is 10.9. The van der Waals surface area contributed by atoms with Crippen molar-refractivity contribution in [2.24, 2.45) is 0 Å². The van der Waals surface area contributed by atoms with E-state index in [2.05, 4.69) is 5.32 Å². The van der Waals surface area contributed by atoms with Crippen LogP contribution in [0.3, 0.4) is 0 Å². The standard InChI is InChI=1S/C12H19N3O4/c1-14(6-8-17)10-3-4-11(13-5-2-7-16)12(9-10)15(18)19/h3-4,9,13,16-17H,2,5-8H2,1H3. The first-order valence-corrected chi connectivity index (χ1v) is 6.05. The van der Waals surface area contributed by atoms with Gasteiger partial charge in [-0.2, -0.15) is 0 Å². The molecule has 0 amide bonds. The van der Waals surface area contributed by atoms with Crippen LogP contribution in [0.1, 0.15) is 6.42 Å². The van der Waals surface area contributed by atoms with Crippen LogP contribution < -0.4 is 10.2 Å². The molecule has 0 aromatic heterocycles. The van der Waals surface area contributed by atoms with Crippen molar-refractivity contribution in [3.63, 3.8) is 0 Å². The first-order chi connectivity index (χ1) is 9.10. The molecule has 0 aliphatic heterocycles. The van der Waals surface area contributed by atoms with Crippen LogP contribution in [0, 0.1) is 10.1 Å². The number of likely N-dealkylation sites (N-methyl/N-ethyl adjacent to an activating group) is 1. The third-order valence-corrected chi connectivity index (χ3v) is 2.70. The average Bonchev–Trinajstić information content (AvgIpc) is 2.39. The highest BCUT2D eigenvalue weighted by Crippen LogP contribution is 2.29. The number of hydrogen-bond acceptors (Lipinski definition) is 6. The van der Waals surface area contributed by atoms with Crippen LogP contribution in [-0.4, -0.2) is 48.5 Å². The third kappa shape index (κ3) is 4.38. The molecule has 0 unspecified atom stereocenters. The highest BCUT2D eigenvalue weighted by atomic mass is 16.6. The van der Waals surface area contributed by atoms with Crippen LogP contribution in [-0.2, 0) is 0 Å². The molecule has 7 heteroatoms. The van der Waals surface area contributed by atoms with Gasteiger partial charge in [0.1, 0.15) is 5.69 Å². The molecule has 0 heterocycles. The van der Waals surface area contributed by atoms with Crippen LogP contribution in [0.25, 0.3) is 0 Å². The molecule has 106 valence electrons. The van der Waals surface area contributed by atoms with Gasteiger partial charge in [0.15, 0.2) is 0 Å². The fourth-order valence-corrected chi connectivity index (χ4v) is 1.64. The van der Waals surface area contributed by atoms with Crippen LogP contribution in [0.4, 0.5) is 17.1 Å². The number of aliphatic hydroxyl groups excluding tert-OH is 2. The number of benzene rings is 1. The summed E-state index contributed by atoms with van der Waals surface area (Å²) in [4.78, 5) is 12.3. The normalized spacial score (nSPS) is 10.3. The smallest absolute Gasteiger partial charge is 0.294 e. The lowest BCUT2D eigenvalue weighted by Crippen LogP contribution is -2.21. The predicted octanol–water partition coefficient (Wildman–Crippen LogP) is 0.818. The van der Waals surface area contributed by atoms with Crippen molar-refractivity contribution in [3.05, 3.63) is 28.3 Å². The minimum absolute atomic E-state index is 0.0131. The van der Waals surface area contributed by atoms with Gasteiger partial charge in [0, 0.05) is 38.5 Å². The van der Waals surface area contributed by atoms with E-state index in [1.54, 1.807) is 24.1 Å². The van der Waals surface area contributed by atoms with Gasteiger partial charge in [0.2, 0.25) is 0 Å². The summed E-state index contributed by atoms with van der Waals surface area (Å²) in [5.41, 5.74) is 1.09.